The summed E-state index contributed by atoms with van der Waals surface area (Å²) < 4.78 is 47.4. The van der Waals surface area contributed by atoms with Gasteiger partial charge in [0, 0.05) is 0 Å². The van der Waals surface area contributed by atoms with Gasteiger partial charge in [-0.1, -0.05) is 12.1 Å². The molecule has 152 valence electrons. The largest absolute Gasteiger partial charge is 0.573 e. The van der Waals surface area contributed by atoms with Gasteiger partial charge >= 0.3 is 6.36 Å². The van der Waals surface area contributed by atoms with Crippen molar-refractivity contribution in [3.05, 3.63) is 47.9 Å². The van der Waals surface area contributed by atoms with Gasteiger partial charge in [0.2, 0.25) is 0 Å². The van der Waals surface area contributed by atoms with Crippen molar-refractivity contribution < 1.29 is 22.3 Å². The Hall–Kier alpha value is -2.68. The molecule has 2 heterocycles. The first-order valence-corrected chi connectivity index (χ1v) is 9.04. The summed E-state index contributed by atoms with van der Waals surface area (Å²) >= 11 is 0. The Bertz CT molecular complexity index is 814. The second kappa shape index (κ2) is 8.55. The number of hydrogen-bond acceptors (Lipinski definition) is 4. The number of halogens is 3. The highest BCUT2D eigenvalue weighted by Gasteiger charge is 2.32. The number of hydrogen-bond donors (Lipinski definition) is 2. The highest BCUT2D eigenvalue weighted by atomic mass is 19.4. The quantitative estimate of drug-likeness (QED) is 0.569. The summed E-state index contributed by atoms with van der Waals surface area (Å²) in [5, 5.41) is 2.69. The van der Waals surface area contributed by atoms with Crippen LogP contribution in [0.3, 0.4) is 0 Å². The monoisotopic (exact) mass is 396 g/mol. The van der Waals surface area contributed by atoms with Crippen LogP contribution in [0, 0.1) is 6.92 Å². The fraction of sp³-hybridized carbons (Fsp3) is 0.421. The van der Waals surface area contributed by atoms with Gasteiger partial charge in [-0.05, 0) is 57.1 Å². The van der Waals surface area contributed by atoms with E-state index in [1.54, 1.807) is 6.07 Å². The van der Waals surface area contributed by atoms with E-state index < -0.39 is 6.36 Å². The van der Waals surface area contributed by atoms with Crippen molar-refractivity contribution in [2.24, 2.45) is 10.7 Å². The number of aliphatic imine (C=N–C) groups is 1. The van der Waals surface area contributed by atoms with Crippen LogP contribution in [-0.4, -0.2) is 36.9 Å². The summed E-state index contributed by atoms with van der Waals surface area (Å²) in [4.78, 5) is 6.61. The first-order valence-electron chi connectivity index (χ1n) is 9.04. The van der Waals surface area contributed by atoms with Gasteiger partial charge in [0.25, 0.3) is 0 Å². The number of furan rings is 1. The third kappa shape index (κ3) is 5.41. The Kier molecular flexibility index (Phi) is 6.13. The highest BCUT2D eigenvalue weighted by molar-refractivity contribution is 5.93. The number of rotatable bonds is 6. The molecular weight excluding hydrogens is 373 g/mol. The molecular formula is C19H23F3N4O2. The molecule has 1 fully saturated rings. The molecule has 9 heteroatoms. The molecule has 1 aromatic carbocycles. The molecule has 6 nitrogen and oxygen atoms in total. The van der Waals surface area contributed by atoms with E-state index in [4.69, 9.17) is 10.2 Å². The van der Waals surface area contributed by atoms with E-state index in [1.807, 2.05) is 19.1 Å². The molecule has 0 radical (unpaired) electrons. The van der Waals surface area contributed by atoms with Crippen LogP contribution >= 0.6 is 0 Å². The van der Waals surface area contributed by atoms with Crippen LogP contribution in [0.4, 0.5) is 18.9 Å². The van der Waals surface area contributed by atoms with Crippen LogP contribution in [0.25, 0.3) is 0 Å². The number of benzene rings is 1. The van der Waals surface area contributed by atoms with E-state index in [0.717, 1.165) is 37.5 Å². The molecule has 1 atom stereocenters. The average molecular weight is 396 g/mol. The number of nitrogens with one attached hydrogen (secondary N) is 1. The topological polar surface area (TPSA) is 76.0 Å². The number of ether oxygens (including phenoxy) is 1. The van der Waals surface area contributed by atoms with Crippen LogP contribution in [0.2, 0.25) is 0 Å². The molecule has 0 amide bonds. The summed E-state index contributed by atoms with van der Waals surface area (Å²) in [5.41, 5.74) is 6.01. The number of likely N-dealkylation sites (tertiary alicyclic amines) is 1. The van der Waals surface area contributed by atoms with E-state index in [9.17, 15) is 13.2 Å². The first kappa shape index (κ1) is 20.1. The lowest BCUT2D eigenvalue weighted by atomic mass is 10.2. The predicted molar refractivity (Wildman–Crippen MR) is 100 cm³/mol. The summed E-state index contributed by atoms with van der Waals surface area (Å²) in [6, 6.07) is 9.43. The Balaban J connectivity index is 1.72. The molecule has 1 unspecified atom stereocenters. The zero-order valence-electron chi connectivity index (χ0n) is 15.5. The summed E-state index contributed by atoms with van der Waals surface area (Å²) in [6.07, 6.45) is -2.58. The molecule has 1 aliphatic heterocycles. The Morgan fingerprint density at radius 2 is 1.96 bits per heavy atom. The third-order valence-electron chi connectivity index (χ3n) is 4.48. The lowest BCUT2D eigenvalue weighted by Gasteiger charge is -2.24. The fourth-order valence-corrected chi connectivity index (χ4v) is 3.22. The van der Waals surface area contributed by atoms with Crippen molar-refractivity contribution in [1.29, 1.82) is 0 Å². The van der Waals surface area contributed by atoms with E-state index in [-0.39, 0.29) is 23.4 Å². The van der Waals surface area contributed by atoms with Crippen LogP contribution < -0.4 is 15.8 Å². The van der Waals surface area contributed by atoms with Crippen molar-refractivity contribution in [1.82, 2.24) is 4.90 Å². The number of para-hydroxylation sites is 2. The average Bonchev–Trinajstić information content (AvgIpc) is 3.28. The minimum absolute atomic E-state index is 0.00528. The van der Waals surface area contributed by atoms with E-state index >= 15 is 0 Å². The number of aryl methyl sites for hydroxylation is 1. The van der Waals surface area contributed by atoms with Crippen molar-refractivity contribution in [2.45, 2.75) is 32.2 Å². The van der Waals surface area contributed by atoms with Crippen LogP contribution in [-0.2, 0) is 0 Å². The summed E-state index contributed by atoms with van der Waals surface area (Å²) in [6.45, 7) is 4.08. The smallest absolute Gasteiger partial charge is 0.465 e. The minimum atomic E-state index is -4.79. The third-order valence-corrected chi connectivity index (χ3v) is 4.48. The van der Waals surface area contributed by atoms with Gasteiger partial charge in [0.15, 0.2) is 11.7 Å². The summed E-state index contributed by atoms with van der Waals surface area (Å²) in [5.74, 6) is 1.25. The van der Waals surface area contributed by atoms with Gasteiger partial charge in [-0.2, -0.15) is 0 Å². The predicted octanol–water partition coefficient (Wildman–Crippen LogP) is 4.05. The molecule has 0 aliphatic carbocycles. The van der Waals surface area contributed by atoms with Crippen molar-refractivity contribution >= 4 is 11.6 Å². The molecule has 1 aromatic heterocycles. The van der Waals surface area contributed by atoms with Crippen molar-refractivity contribution in [3.63, 3.8) is 0 Å². The lowest BCUT2D eigenvalue weighted by molar-refractivity contribution is -0.274. The molecule has 1 aliphatic rings. The molecule has 0 saturated carbocycles. The first-order chi connectivity index (χ1) is 13.3. The fourth-order valence-electron chi connectivity index (χ4n) is 3.22. The number of guanidine groups is 1. The zero-order valence-corrected chi connectivity index (χ0v) is 15.5. The van der Waals surface area contributed by atoms with E-state index in [1.165, 1.54) is 18.2 Å². The standard InChI is InChI=1S/C19H23F3N4O2/c1-13-8-9-17(27-13)15(26-10-4-5-11-26)12-24-18(23)25-14-6-2-3-7-16(14)28-19(20,21)22/h2-3,6-9,15H,4-5,10-12H2,1H3,(H3,23,24,25). The van der Waals surface area contributed by atoms with Gasteiger partial charge in [0.05, 0.1) is 18.3 Å². The van der Waals surface area contributed by atoms with Crippen LogP contribution in [0.1, 0.15) is 30.4 Å². The van der Waals surface area contributed by atoms with Gasteiger partial charge < -0.3 is 20.2 Å². The molecule has 28 heavy (non-hydrogen) atoms. The number of anilines is 1. The second-order valence-corrected chi connectivity index (χ2v) is 6.60. The Morgan fingerprint density at radius 3 is 2.61 bits per heavy atom. The van der Waals surface area contributed by atoms with Crippen molar-refractivity contribution in [2.75, 3.05) is 25.0 Å². The Morgan fingerprint density at radius 1 is 1.25 bits per heavy atom. The minimum Gasteiger partial charge on any atom is -0.465 e. The number of alkyl halides is 3. The van der Waals surface area contributed by atoms with E-state index in [2.05, 4.69) is 19.9 Å². The lowest BCUT2D eigenvalue weighted by Crippen LogP contribution is -2.30. The van der Waals surface area contributed by atoms with E-state index in [0.29, 0.717) is 6.54 Å². The van der Waals surface area contributed by atoms with Gasteiger partial charge in [0.1, 0.15) is 11.5 Å². The maximum absolute atomic E-state index is 12.5. The summed E-state index contributed by atoms with van der Waals surface area (Å²) in [7, 11) is 0. The normalized spacial score (nSPS) is 16.9. The SMILES string of the molecule is Cc1ccc(C(CN=C(N)Nc2ccccc2OC(F)(F)F)N2CCCC2)o1. The molecule has 0 spiro atoms. The highest BCUT2D eigenvalue weighted by Crippen LogP contribution is 2.30. The molecule has 3 N–H and O–H groups in total. The Labute approximate surface area is 161 Å². The molecule has 3 rings (SSSR count). The maximum atomic E-state index is 12.5. The molecule has 2 aromatic rings. The molecule has 1 saturated heterocycles. The number of nitrogens with zero attached hydrogens (tertiary/aromatic N) is 2. The van der Waals surface area contributed by atoms with Crippen LogP contribution in [0.15, 0.2) is 45.8 Å². The maximum Gasteiger partial charge on any atom is 0.573 e. The van der Waals surface area contributed by atoms with Crippen LogP contribution in [0.5, 0.6) is 5.75 Å². The second-order valence-electron chi connectivity index (χ2n) is 6.60. The number of nitrogens with two attached hydrogens (primary N) is 1. The van der Waals surface area contributed by atoms with Gasteiger partial charge in [-0.3, -0.25) is 9.89 Å². The molecule has 0 bridgehead atoms. The van der Waals surface area contributed by atoms with Gasteiger partial charge in [-0.25, -0.2) is 0 Å². The van der Waals surface area contributed by atoms with Gasteiger partial charge in [-0.15, -0.1) is 13.2 Å². The van der Waals surface area contributed by atoms with Crippen molar-refractivity contribution in [3.8, 4) is 5.75 Å². The zero-order chi connectivity index (χ0) is 20.1.